The van der Waals surface area contributed by atoms with Crippen molar-refractivity contribution in [1.82, 2.24) is 5.32 Å². The molecule has 0 aliphatic heterocycles. The standard InChI is InChI=1S/C16H25NO/c1-12(13(2)11-17-15-8-9-15)10-14-6-4-5-7-16(14)18-3/h4-7,12-13,15,17H,8-11H2,1-3H3. The molecular formula is C16H25NO. The van der Waals surface area contributed by atoms with E-state index >= 15 is 0 Å². The van der Waals surface area contributed by atoms with Crippen LogP contribution in [0.2, 0.25) is 0 Å². The molecule has 2 unspecified atom stereocenters. The Hall–Kier alpha value is -1.02. The monoisotopic (exact) mass is 247 g/mol. The van der Waals surface area contributed by atoms with Gasteiger partial charge in [-0.3, -0.25) is 0 Å². The molecule has 1 saturated carbocycles. The molecule has 1 aliphatic carbocycles. The van der Waals surface area contributed by atoms with E-state index in [2.05, 4.69) is 37.4 Å². The molecular weight excluding hydrogens is 222 g/mol. The van der Waals surface area contributed by atoms with Gasteiger partial charge in [0.2, 0.25) is 0 Å². The first kappa shape index (κ1) is 13.4. The zero-order valence-corrected chi connectivity index (χ0v) is 11.8. The van der Waals surface area contributed by atoms with E-state index < -0.39 is 0 Å². The van der Waals surface area contributed by atoms with Crippen LogP contribution in [-0.2, 0) is 6.42 Å². The molecule has 2 nitrogen and oxygen atoms in total. The van der Waals surface area contributed by atoms with Gasteiger partial charge in [-0.05, 0) is 49.3 Å². The maximum atomic E-state index is 5.42. The van der Waals surface area contributed by atoms with Crippen molar-refractivity contribution in [2.45, 2.75) is 39.2 Å². The highest BCUT2D eigenvalue weighted by Gasteiger charge is 2.22. The van der Waals surface area contributed by atoms with Crippen molar-refractivity contribution in [3.05, 3.63) is 29.8 Å². The average Bonchev–Trinajstić information content (AvgIpc) is 3.20. The SMILES string of the molecule is COc1ccccc1CC(C)C(C)CNC1CC1. The van der Waals surface area contributed by atoms with E-state index in [1.807, 2.05) is 6.07 Å². The van der Waals surface area contributed by atoms with Crippen LogP contribution in [0.3, 0.4) is 0 Å². The number of methoxy groups -OCH3 is 1. The number of ether oxygens (including phenoxy) is 1. The van der Waals surface area contributed by atoms with Crippen molar-refractivity contribution in [2.24, 2.45) is 11.8 Å². The molecule has 1 fully saturated rings. The molecule has 0 spiro atoms. The van der Waals surface area contributed by atoms with E-state index in [1.54, 1.807) is 7.11 Å². The maximum absolute atomic E-state index is 5.42. The predicted molar refractivity (Wildman–Crippen MR) is 76.1 cm³/mol. The van der Waals surface area contributed by atoms with Crippen LogP contribution in [-0.4, -0.2) is 19.7 Å². The molecule has 0 saturated heterocycles. The van der Waals surface area contributed by atoms with E-state index in [9.17, 15) is 0 Å². The van der Waals surface area contributed by atoms with Crippen LogP contribution in [0.25, 0.3) is 0 Å². The Morgan fingerprint density at radius 2 is 1.94 bits per heavy atom. The van der Waals surface area contributed by atoms with Gasteiger partial charge >= 0.3 is 0 Å². The van der Waals surface area contributed by atoms with Gasteiger partial charge in [0.05, 0.1) is 7.11 Å². The molecule has 0 amide bonds. The van der Waals surface area contributed by atoms with Crippen molar-refractivity contribution in [3.63, 3.8) is 0 Å². The number of para-hydroxylation sites is 1. The van der Waals surface area contributed by atoms with Gasteiger partial charge in [-0.25, -0.2) is 0 Å². The molecule has 0 aromatic heterocycles. The van der Waals surface area contributed by atoms with Gasteiger partial charge < -0.3 is 10.1 Å². The summed E-state index contributed by atoms with van der Waals surface area (Å²) in [5.41, 5.74) is 1.32. The first-order chi connectivity index (χ1) is 8.70. The third-order valence-electron chi connectivity index (χ3n) is 4.01. The van der Waals surface area contributed by atoms with E-state index in [0.717, 1.165) is 24.8 Å². The maximum Gasteiger partial charge on any atom is 0.122 e. The summed E-state index contributed by atoms with van der Waals surface area (Å²) in [5, 5.41) is 3.62. The van der Waals surface area contributed by atoms with E-state index in [0.29, 0.717) is 11.8 Å². The van der Waals surface area contributed by atoms with Gasteiger partial charge in [-0.15, -0.1) is 0 Å². The zero-order valence-electron chi connectivity index (χ0n) is 11.8. The Labute approximate surface area is 111 Å². The van der Waals surface area contributed by atoms with Crippen molar-refractivity contribution in [3.8, 4) is 5.75 Å². The Bertz CT molecular complexity index is 373. The van der Waals surface area contributed by atoms with Gasteiger partial charge in [0.25, 0.3) is 0 Å². The molecule has 1 aliphatic rings. The number of hydrogen-bond donors (Lipinski definition) is 1. The van der Waals surface area contributed by atoms with Crippen LogP contribution in [0, 0.1) is 11.8 Å². The lowest BCUT2D eigenvalue weighted by Gasteiger charge is -2.21. The highest BCUT2D eigenvalue weighted by molar-refractivity contribution is 5.33. The van der Waals surface area contributed by atoms with Crippen LogP contribution < -0.4 is 10.1 Å². The summed E-state index contributed by atoms with van der Waals surface area (Å²) in [6, 6.07) is 9.17. The second kappa shape index (κ2) is 6.24. The molecule has 100 valence electrons. The fourth-order valence-electron chi connectivity index (χ4n) is 2.26. The van der Waals surface area contributed by atoms with Crippen molar-refractivity contribution in [2.75, 3.05) is 13.7 Å². The van der Waals surface area contributed by atoms with Gasteiger partial charge in [-0.1, -0.05) is 32.0 Å². The Kier molecular flexibility index (Phi) is 4.65. The molecule has 2 heteroatoms. The number of benzene rings is 1. The highest BCUT2D eigenvalue weighted by atomic mass is 16.5. The minimum atomic E-state index is 0.674. The minimum Gasteiger partial charge on any atom is -0.496 e. The van der Waals surface area contributed by atoms with Crippen LogP contribution in [0.4, 0.5) is 0 Å². The fraction of sp³-hybridized carbons (Fsp3) is 0.625. The lowest BCUT2D eigenvalue weighted by Crippen LogP contribution is -2.27. The normalized spacial score (nSPS) is 18.4. The van der Waals surface area contributed by atoms with Gasteiger partial charge in [-0.2, -0.15) is 0 Å². The second-order valence-electron chi connectivity index (χ2n) is 5.65. The van der Waals surface area contributed by atoms with Crippen molar-refractivity contribution < 1.29 is 4.74 Å². The predicted octanol–water partition coefficient (Wildman–Crippen LogP) is 3.26. The quantitative estimate of drug-likeness (QED) is 0.798. The van der Waals surface area contributed by atoms with Crippen LogP contribution >= 0.6 is 0 Å². The number of nitrogens with one attached hydrogen (secondary N) is 1. The summed E-state index contributed by atoms with van der Waals surface area (Å²) in [5.74, 6) is 2.40. The Balaban J connectivity index is 1.86. The van der Waals surface area contributed by atoms with Gasteiger partial charge in [0.1, 0.15) is 5.75 Å². The summed E-state index contributed by atoms with van der Waals surface area (Å²) in [6.45, 7) is 5.82. The number of hydrogen-bond acceptors (Lipinski definition) is 2. The third-order valence-corrected chi connectivity index (χ3v) is 4.01. The second-order valence-corrected chi connectivity index (χ2v) is 5.65. The third kappa shape index (κ3) is 3.74. The summed E-state index contributed by atoms with van der Waals surface area (Å²) in [6.07, 6.45) is 3.83. The van der Waals surface area contributed by atoms with Crippen molar-refractivity contribution in [1.29, 1.82) is 0 Å². The molecule has 2 rings (SSSR count). The lowest BCUT2D eigenvalue weighted by atomic mass is 9.89. The van der Waals surface area contributed by atoms with Crippen molar-refractivity contribution >= 4 is 0 Å². The molecule has 2 atom stereocenters. The van der Waals surface area contributed by atoms with Gasteiger partial charge in [0, 0.05) is 6.04 Å². The Morgan fingerprint density at radius 3 is 2.61 bits per heavy atom. The molecule has 0 bridgehead atoms. The van der Waals surface area contributed by atoms with E-state index in [1.165, 1.54) is 18.4 Å². The summed E-state index contributed by atoms with van der Waals surface area (Å²) < 4.78 is 5.42. The molecule has 18 heavy (non-hydrogen) atoms. The Morgan fingerprint density at radius 1 is 1.22 bits per heavy atom. The topological polar surface area (TPSA) is 21.3 Å². The molecule has 0 radical (unpaired) electrons. The fourth-order valence-corrected chi connectivity index (χ4v) is 2.26. The molecule has 1 N–H and O–H groups in total. The minimum absolute atomic E-state index is 0.674. The first-order valence-corrected chi connectivity index (χ1v) is 7.06. The van der Waals surface area contributed by atoms with Gasteiger partial charge in [0.15, 0.2) is 0 Å². The molecule has 1 aromatic rings. The summed E-state index contributed by atoms with van der Waals surface area (Å²) in [7, 11) is 1.75. The van der Waals surface area contributed by atoms with E-state index in [4.69, 9.17) is 4.74 Å². The average molecular weight is 247 g/mol. The lowest BCUT2D eigenvalue weighted by molar-refractivity contribution is 0.354. The zero-order chi connectivity index (χ0) is 13.0. The largest absolute Gasteiger partial charge is 0.496 e. The summed E-state index contributed by atoms with van der Waals surface area (Å²) in [4.78, 5) is 0. The summed E-state index contributed by atoms with van der Waals surface area (Å²) >= 11 is 0. The smallest absolute Gasteiger partial charge is 0.122 e. The van der Waals surface area contributed by atoms with Crippen LogP contribution in [0.15, 0.2) is 24.3 Å². The first-order valence-electron chi connectivity index (χ1n) is 7.06. The highest BCUT2D eigenvalue weighted by Crippen LogP contribution is 2.25. The van der Waals surface area contributed by atoms with E-state index in [-0.39, 0.29) is 0 Å². The molecule has 1 aromatic carbocycles. The van der Waals surface area contributed by atoms with Crippen LogP contribution in [0.1, 0.15) is 32.3 Å². The number of rotatable bonds is 7. The van der Waals surface area contributed by atoms with Crippen LogP contribution in [0.5, 0.6) is 5.75 Å². The molecule has 0 heterocycles.